The van der Waals surface area contributed by atoms with E-state index in [1.807, 2.05) is 56.5 Å². The number of hydrogen-bond donors (Lipinski definition) is 2. The molecular weight excluding hydrogens is 332 g/mol. The number of ether oxygens (including phenoxy) is 1. The molecule has 26 heavy (non-hydrogen) atoms. The Morgan fingerprint density at radius 3 is 2.77 bits per heavy atom. The van der Waals surface area contributed by atoms with Crippen LogP contribution in [0.3, 0.4) is 0 Å². The van der Waals surface area contributed by atoms with Gasteiger partial charge in [0, 0.05) is 13.7 Å². The van der Waals surface area contributed by atoms with Crippen LogP contribution in [0.1, 0.15) is 25.5 Å². The summed E-state index contributed by atoms with van der Waals surface area (Å²) in [5, 5.41) is 4.79. The lowest BCUT2D eigenvalue weighted by Crippen LogP contribution is -2.93. The molecule has 1 aromatic carbocycles. The van der Waals surface area contributed by atoms with Gasteiger partial charge in [-0.25, -0.2) is 4.68 Å². The molecule has 7 heteroatoms. The fourth-order valence-electron chi connectivity index (χ4n) is 3.24. The highest BCUT2D eigenvalue weighted by atomic mass is 16.5. The summed E-state index contributed by atoms with van der Waals surface area (Å²) in [7, 11) is 1.81. The molecule has 1 aliphatic heterocycles. The summed E-state index contributed by atoms with van der Waals surface area (Å²) in [6.45, 7) is 5.24. The first-order chi connectivity index (χ1) is 12.5. The van der Waals surface area contributed by atoms with Crippen LogP contribution in [0, 0.1) is 6.92 Å². The standard InChI is InChI=1S/C19H26N4O3/c1-13(20-12-16-10-7-11-26-16)18(24)21-17-14(2)22(3)23(19(17)25)15-8-5-4-6-9-15/h4-6,8-9,13,16,20H,7,10-12H2,1-3H3,(H,21,24)/p+1/t13-,16+/m1/s1. The topological polar surface area (TPSA) is 81.9 Å². The van der Waals surface area contributed by atoms with E-state index in [2.05, 4.69) is 5.32 Å². The molecule has 0 saturated carbocycles. The number of benzene rings is 1. The van der Waals surface area contributed by atoms with Gasteiger partial charge < -0.3 is 15.4 Å². The summed E-state index contributed by atoms with van der Waals surface area (Å²) >= 11 is 0. The lowest BCUT2D eigenvalue weighted by Gasteiger charge is -2.13. The van der Waals surface area contributed by atoms with Crippen LogP contribution in [-0.2, 0) is 16.6 Å². The third-order valence-electron chi connectivity index (χ3n) is 4.99. The zero-order valence-electron chi connectivity index (χ0n) is 15.6. The molecule has 0 radical (unpaired) electrons. The van der Waals surface area contributed by atoms with Crippen molar-refractivity contribution in [3.8, 4) is 5.69 Å². The zero-order valence-corrected chi connectivity index (χ0v) is 15.6. The summed E-state index contributed by atoms with van der Waals surface area (Å²) < 4.78 is 8.91. The highest BCUT2D eigenvalue weighted by molar-refractivity contribution is 5.93. The van der Waals surface area contributed by atoms with E-state index >= 15 is 0 Å². The number of nitrogens with zero attached hydrogens (tertiary/aromatic N) is 2. The minimum Gasteiger partial charge on any atom is -0.372 e. The first-order valence-electron chi connectivity index (χ1n) is 9.09. The maximum Gasteiger partial charge on any atom is 0.295 e. The molecule has 3 rings (SSSR count). The van der Waals surface area contributed by atoms with E-state index in [0.29, 0.717) is 5.69 Å². The fraction of sp³-hybridized carbons (Fsp3) is 0.474. The number of rotatable bonds is 6. The number of carbonyl (C=O) groups is 1. The number of quaternary nitrogens is 1. The Kier molecular flexibility index (Phi) is 5.58. The van der Waals surface area contributed by atoms with Crippen LogP contribution in [0.5, 0.6) is 0 Å². The van der Waals surface area contributed by atoms with Crippen LogP contribution in [0.15, 0.2) is 35.1 Å². The molecule has 7 nitrogen and oxygen atoms in total. The largest absolute Gasteiger partial charge is 0.372 e. The van der Waals surface area contributed by atoms with Crippen molar-refractivity contribution in [2.75, 3.05) is 18.5 Å². The molecule has 1 saturated heterocycles. The number of nitrogens with one attached hydrogen (secondary N) is 1. The van der Waals surface area contributed by atoms with E-state index in [1.165, 1.54) is 0 Å². The van der Waals surface area contributed by atoms with Crippen LogP contribution in [-0.4, -0.2) is 40.6 Å². The van der Waals surface area contributed by atoms with Crippen LogP contribution >= 0.6 is 0 Å². The summed E-state index contributed by atoms with van der Waals surface area (Å²) in [5.41, 5.74) is 1.59. The summed E-state index contributed by atoms with van der Waals surface area (Å²) in [6, 6.07) is 9.10. The Balaban J connectivity index is 1.73. The minimum absolute atomic E-state index is 0.172. The van der Waals surface area contributed by atoms with Crippen molar-refractivity contribution in [1.29, 1.82) is 0 Å². The van der Waals surface area contributed by atoms with Crippen molar-refractivity contribution in [1.82, 2.24) is 9.36 Å². The molecule has 2 heterocycles. The zero-order chi connectivity index (χ0) is 18.7. The highest BCUT2D eigenvalue weighted by Crippen LogP contribution is 2.14. The second kappa shape index (κ2) is 7.88. The third kappa shape index (κ3) is 3.73. The molecule has 3 N–H and O–H groups in total. The van der Waals surface area contributed by atoms with Crippen LogP contribution < -0.4 is 16.2 Å². The SMILES string of the molecule is Cc1c(NC(=O)[C@@H](C)[NH2+]C[C@@H]2CCCO2)c(=O)n(-c2ccccc2)n1C. The Morgan fingerprint density at radius 1 is 1.38 bits per heavy atom. The maximum absolute atomic E-state index is 12.8. The van der Waals surface area contributed by atoms with E-state index in [9.17, 15) is 9.59 Å². The summed E-state index contributed by atoms with van der Waals surface area (Å²) in [4.78, 5) is 25.4. The molecule has 0 spiro atoms. The molecule has 0 bridgehead atoms. The van der Waals surface area contributed by atoms with E-state index in [-0.39, 0.29) is 23.6 Å². The van der Waals surface area contributed by atoms with Gasteiger partial charge in [-0.3, -0.25) is 14.3 Å². The summed E-state index contributed by atoms with van der Waals surface area (Å²) in [5.74, 6) is -0.172. The number of aromatic nitrogens is 2. The van der Waals surface area contributed by atoms with Gasteiger partial charge in [0.1, 0.15) is 18.3 Å². The molecule has 0 unspecified atom stereocenters. The number of nitrogens with two attached hydrogens (primary N) is 1. The molecular formula is C19H27N4O3+. The molecule has 0 aliphatic carbocycles. The minimum atomic E-state index is -0.289. The summed E-state index contributed by atoms with van der Waals surface area (Å²) in [6.07, 6.45) is 2.35. The van der Waals surface area contributed by atoms with Crippen molar-refractivity contribution in [2.24, 2.45) is 7.05 Å². The monoisotopic (exact) mass is 359 g/mol. The molecule has 2 aromatic rings. The van der Waals surface area contributed by atoms with Gasteiger partial charge in [-0.1, -0.05) is 18.2 Å². The average Bonchev–Trinajstić information content (AvgIpc) is 3.23. The smallest absolute Gasteiger partial charge is 0.295 e. The van der Waals surface area contributed by atoms with Crippen molar-refractivity contribution in [3.63, 3.8) is 0 Å². The van der Waals surface area contributed by atoms with Crippen LogP contribution in [0.2, 0.25) is 0 Å². The van der Waals surface area contributed by atoms with Gasteiger partial charge in [0.2, 0.25) is 0 Å². The predicted molar refractivity (Wildman–Crippen MR) is 99.6 cm³/mol. The molecule has 1 fully saturated rings. The van der Waals surface area contributed by atoms with Gasteiger partial charge in [0.15, 0.2) is 6.04 Å². The quantitative estimate of drug-likeness (QED) is 0.790. The van der Waals surface area contributed by atoms with E-state index in [1.54, 1.807) is 9.36 Å². The second-order valence-corrected chi connectivity index (χ2v) is 6.82. The van der Waals surface area contributed by atoms with Crippen molar-refractivity contribution in [2.45, 2.75) is 38.8 Å². The van der Waals surface area contributed by atoms with Crippen LogP contribution in [0.25, 0.3) is 5.69 Å². The van der Waals surface area contributed by atoms with E-state index < -0.39 is 0 Å². The first-order valence-corrected chi connectivity index (χ1v) is 9.09. The Bertz CT molecular complexity index is 819. The number of hydrogen-bond acceptors (Lipinski definition) is 3. The number of carbonyl (C=O) groups excluding carboxylic acids is 1. The van der Waals surface area contributed by atoms with Crippen molar-refractivity contribution >= 4 is 11.6 Å². The Labute approximate surface area is 152 Å². The van der Waals surface area contributed by atoms with Crippen molar-refractivity contribution < 1.29 is 14.8 Å². The maximum atomic E-state index is 12.8. The second-order valence-electron chi connectivity index (χ2n) is 6.82. The lowest BCUT2D eigenvalue weighted by molar-refractivity contribution is -0.678. The lowest BCUT2D eigenvalue weighted by atomic mass is 10.2. The fourth-order valence-corrected chi connectivity index (χ4v) is 3.24. The van der Waals surface area contributed by atoms with Crippen molar-refractivity contribution in [3.05, 3.63) is 46.4 Å². The van der Waals surface area contributed by atoms with Gasteiger partial charge in [0.05, 0.1) is 11.4 Å². The van der Waals surface area contributed by atoms with Gasteiger partial charge >= 0.3 is 0 Å². The molecule has 1 aromatic heterocycles. The average molecular weight is 359 g/mol. The molecule has 140 valence electrons. The number of para-hydroxylation sites is 1. The predicted octanol–water partition coefficient (Wildman–Crippen LogP) is 0.554. The molecule has 1 amide bonds. The Hall–Kier alpha value is -2.38. The first kappa shape index (κ1) is 18.4. The van der Waals surface area contributed by atoms with E-state index in [4.69, 9.17) is 4.74 Å². The number of anilines is 1. The molecule has 2 atom stereocenters. The van der Waals surface area contributed by atoms with E-state index in [0.717, 1.165) is 37.4 Å². The Morgan fingerprint density at radius 2 is 2.12 bits per heavy atom. The molecule has 1 aliphatic rings. The highest BCUT2D eigenvalue weighted by Gasteiger charge is 2.24. The normalized spacial score (nSPS) is 18.0. The van der Waals surface area contributed by atoms with Gasteiger partial charge in [-0.2, -0.15) is 0 Å². The van der Waals surface area contributed by atoms with Gasteiger partial charge in [0.25, 0.3) is 11.5 Å². The van der Waals surface area contributed by atoms with Gasteiger partial charge in [-0.05, 0) is 38.8 Å². The van der Waals surface area contributed by atoms with Crippen LogP contribution in [0.4, 0.5) is 5.69 Å². The van der Waals surface area contributed by atoms with Gasteiger partial charge in [-0.15, -0.1) is 0 Å². The number of amides is 1. The third-order valence-corrected chi connectivity index (χ3v) is 4.99.